The van der Waals surface area contributed by atoms with Crippen LogP contribution in [0.2, 0.25) is 0 Å². The van der Waals surface area contributed by atoms with Gasteiger partial charge in [-0.2, -0.15) is 0 Å². The van der Waals surface area contributed by atoms with Gasteiger partial charge in [-0.25, -0.2) is 0 Å². The van der Waals surface area contributed by atoms with E-state index in [0.29, 0.717) is 18.9 Å². The first-order chi connectivity index (χ1) is 6.19. The van der Waals surface area contributed by atoms with E-state index < -0.39 is 0 Å². The van der Waals surface area contributed by atoms with Crippen LogP contribution in [0.3, 0.4) is 0 Å². The number of likely N-dealkylation sites (tertiary alicyclic amines) is 1. The lowest BCUT2D eigenvalue weighted by Gasteiger charge is -2.11. The highest BCUT2D eigenvalue weighted by molar-refractivity contribution is 6.02. The van der Waals surface area contributed by atoms with E-state index in [2.05, 4.69) is 0 Å². The molecule has 0 spiro atoms. The Morgan fingerprint density at radius 3 is 2.85 bits per heavy atom. The van der Waals surface area contributed by atoms with Crippen molar-refractivity contribution in [3.05, 3.63) is 12.2 Å². The molecule has 3 heteroatoms. The molecule has 1 aliphatic rings. The van der Waals surface area contributed by atoms with Gasteiger partial charge < -0.3 is 0 Å². The fourth-order valence-corrected chi connectivity index (χ4v) is 1.50. The van der Waals surface area contributed by atoms with Crippen LogP contribution in [0.4, 0.5) is 0 Å². The van der Waals surface area contributed by atoms with Crippen molar-refractivity contribution in [1.82, 2.24) is 4.90 Å². The lowest BCUT2D eigenvalue weighted by molar-refractivity contribution is -0.138. The molecule has 2 amide bonds. The Morgan fingerprint density at radius 2 is 2.38 bits per heavy atom. The van der Waals surface area contributed by atoms with Crippen LogP contribution < -0.4 is 0 Å². The van der Waals surface area contributed by atoms with Gasteiger partial charge in [-0.05, 0) is 18.9 Å². The van der Waals surface area contributed by atoms with E-state index in [0.717, 1.165) is 6.42 Å². The second-order valence-electron chi connectivity index (χ2n) is 3.32. The van der Waals surface area contributed by atoms with Gasteiger partial charge in [0, 0.05) is 13.0 Å². The Balaban J connectivity index is 2.62. The van der Waals surface area contributed by atoms with Crippen molar-refractivity contribution in [1.29, 1.82) is 0 Å². The third-order valence-corrected chi connectivity index (χ3v) is 2.36. The largest absolute Gasteiger partial charge is 0.279 e. The van der Waals surface area contributed by atoms with Crippen molar-refractivity contribution in [3.63, 3.8) is 0 Å². The first-order valence-corrected chi connectivity index (χ1v) is 4.66. The number of amides is 2. The van der Waals surface area contributed by atoms with Gasteiger partial charge >= 0.3 is 0 Å². The summed E-state index contributed by atoms with van der Waals surface area (Å²) in [4.78, 5) is 24.0. The van der Waals surface area contributed by atoms with Gasteiger partial charge in [0.2, 0.25) is 5.91 Å². The Hall–Kier alpha value is -1.12. The molecule has 1 unspecified atom stereocenters. The van der Waals surface area contributed by atoms with Gasteiger partial charge in [0.1, 0.15) is 0 Å². The predicted molar refractivity (Wildman–Crippen MR) is 49.9 cm³/mol. The van der Waals surface area contributed by atoms with Gasteiger partial charge in [-0.15, -0.1) is 0 Å². The van der Waals surface area contributed by atoms with E-state index in [1.807, 2.05) is 6.92 Å². The summed E-state index contributed by atoms with van der Waals surface area (Å²) in [6.45, 7) is 4.41. The van der Waals surface area contributed by atoms with Crippen molar-refractivity contribution in [2.45, 2.75) is 26.7 Å². The molecule has 0 aromatic rings. The maximum absolute atomic E-state index is 11.3. The fraction of sp³-hybridized carbons (Fsp3) is 0.600. The first-order valence-electron chi connectivity index (χ1n) is 4.66. The highest BCUT2D eigenvalue weighted by Crippen LogP contribution is 2.20. The molecular weight excluding hydrogens is 166 g/mol. The number of hydrogen-bond acceptors (Lipinski definition) is 2. The number of carbonyl (C=O) groups is 2. The minimum absolute atomic E-state index is 0.0325. The Kier molecular flexibility index (Phi) is 3.23. The molecule has 13 heavy (non-hydrogen) atoms. The van der Waals surface area contributed by atoms with Crippen LogP contribution in [0.1, 0.15) is 26.7 Å². The molecule has 0 radical (unpaired) electrons. The third-order valence-electron chi connectivity index (χ3n) is 2.36. The summed E-state index contributed by atoms with van der Waals surface area (Å²) in [7, 11) is 0. The number of hydrogen-bond donors (Lipinski definition) is 0. The maximum atomic E-state index is 11.3. The highest BCUT2D eigenvalue weighted by Gasteiger charge is 2.31. The number of imide groups is 1. The second kappa shape index (κ2) is 4.21. The smallest absolute Gasteiger partial charge is 0.252 e. The van der Waals surface area contributed by atoms with E-state index in [4.69, 9.17) is 0 Å². The van der Waals surface area contributed by atoms with Gasteiger partial charge in [0.25, 0.3) is 5.91 Å². The molecule has 0 aliphatic carbocycles. The van der Waals surface area contributed by atoms with Gasteiger partial charge in [-0.1, -0.05) is 19.4 Å². The van der Waals surface area contributed by atoms with E-state index in [1.54, 1.807) is 13.0 Å². The summed E-state index contributed by atoms with van der Waals surface area (Å²) in [5.41, 5.74) is 0. The number of rotatable bonds is 2. The lowest BCUT2D eigenvalue weighted by atomic mass is 10.1. The second-order valence-corrected chi connectivity index (χ2v) is 3.32. The third kappa shape index (κ3) is 2.17. The van der Waals surface area contributed by atoms with Crippen LogP contribution in [0.25, 0.3) is 0 Å². The summed E-state index contributed by atoms with van der Waals surface area (Å²) in [6, 6.07) is 0. The Labute approximate surface area is 78.4 Å². The van der Waals surface area contributed by atoms with E-state index in [-0.39, 0.29) is 11.8 Å². The van der Waals surface area contributed by atoms with Crippen molar-refractivity contribution >= 4 is 11.8 Å². The van der Waals surface area contributed by atoms with Crippen molar-refractivity contribution in [2.75, 3.05) is 6.54 Å². The molecule has 0 aromatic heterocycles. The van der Waals surface area contributed by atoms with Gasteiger partial charge in [-0.3, -0.25) is 14.5 Å². The molecule has 0 aromatic carbocycles. The molecule has 0 saturated carbocycles. The van der Waals surface area contributed by atoms with Gasteiger partial charge in [0.05, 0.1) is 0 Å². The van der Waals surface area contributed by atoms with Crippen LogP contribution in [0, 0.1) is 5.92 Å². The molecule has 72 valence electrons. The number of allylic oxidation sites excluding steroid dienone is 1. The number of nitrogens with zero attached hydrogens (tertiary/aromatic N) is 1. The molecule has 1 heterocycles. The quantitative estimate of drug-likeness (QED) is 0.603. The molecule has 1 aliphatic heterocycles. The Bertz CT molecular complexity index is 245. The highest BCUT2D eigenvalue weighted by atomic mass is 16.2. The standard InChI is InChI=1S/C10H15NO2/c1-3-5-9(12)11-7-8(4-2)6-10(11)13/h3,5,8H,4,6-7H2,1-2H3. The zero-order chi connectivity index (χ0) is 9.84. The molecule has 0 N–H and O–H groups in total. The first kappa shape index (κ1) is 9.96. The van der Waals surface area contributed by atoms with E-state index in [1.165, 1.54) is 11.0 Å². The molecular formula is C10H15NO2. The van der Waals surface area contributed by atoms with Crippen LogP contribution in [-0.4, -0.2) is 23.3 Å². The summed E-state index contributed by atoms with van der Waals surface area (Å²) < 4.78 is 0. The summed E-state index contributed by atoms with van der Waals surface area (Å²) in [6.07, 6.45) is 4.59. The summed E-state index contributed by atoms with van der Waals surface area (Å²) in [5, 5.41) is 0. The zero-order valence-electron chi connectivity index (χ0n) is 8.12. The normalized spacial score (nSPS) is 23.1. The van der Waals surface area contributed by atoms with Crippen LogP contribution in [0.15, 0.2) is 12.2 Å². The number of carbonyl (C=O) groups excluding carboxylic acids is 2. The van der Waals surface area contributed by atoms with Crippen molar-refractivity contribution in [3.8, 4) is 0 Å². The Morgan fingerprint density at radius 1 is 1.69 bits per heavy atom. The summed E-state index contributed by atoms with van der Waals surface area (Å²) >= 11 is 0. The van der Waals surface area contributed by atoms with E-state index in [9.17, 15) is 9.59 Å². The van der Waals surface area contributed by atoms with Crippen molar-refractivity contribution in [2.24, 2.45) is 5.92 Å². The average molecular weight is 181 g/mol. The predicted octanol–water partition coefficient (Wildman–Crippen LogP) is 1.35. The molecule has 1 saturated heterocycles. The van der Waals surface area contributed by atoms with Crippen molar-refractivity contribution < 1.29 is 9.59 Å². The molecule has 1 fully saturated rings. The lowest BCUT2D eigenvalue weighted by Crippen LogP contribution is -2.30. The van der Waals surface area contributed by atoms with E-state index >= 15 is 0 Å². The fourth-order valence-electron chi connectivity index (χ4n) is 1.50. The van der Waals surface area contributed by atoms with Gasteiger partial charge in [0.15, 0.2) is 0 Å². The summed E-state index contributed by atoms with van der Waals surface area (Å²) in [5.74, 6) is 0.153. The molecule has 1 atom stereocenters. The minimum atomic E-state index is -0.177. The SMILES string of the molecule is CC=CC(=O)N1CC(CC)CC1=O. The minimum Gasteiger partial charge on any atom is -0.279 e. The monoisotopic (exact) mass is 181 g/mol. The molecule has 0 bridgehead atoms. The molecule has 3 nitrogen and oxygen atoms in total. The topological polar surface area (TPSA) is 37.4 Å². The van der Waals surface area contributed by atoms with Crippen LogP contribution in [-0.2, 0) is 9.59 Å². The zero-order valence-corrected chi connectivity index (χ0v) is 8.12. The average Bonchev–Trinajstić information content (AvgIpc) is 2.47. The van der Waals surface area contributed by atoms with Crippen LogP contribution >= 0.6 is 0 Å². The van der Waals surface area contributed by atoms with Crippen LogP contribution in [0.5, 0.6) is 0 Å². The maximum Gasteiger partial charge on any atom is 0.252 e. The molecule has 1 rings (SSSR count).